The number of nitrogens with one attached hydrogen (secondary N) is 1. The van der Waals surface area contributed by atoms with E-state index in [-0.39, 0.29) is 5.78 Å². The predicted octanol–water partition coefficient (Wildman–Crippen LogP) is 0.0800. The van der Waals surface area contributed by atoms with Crippen LogP contribution in [-0.4, -0.2) is 29.6 Å². The Labute approximate surface area is 66.8 Å². The summed E-state index contributed by atoms with van der Waals surface area (Å²) in [6.07, 6.45) is 1.72. The van der Waals surface area contributed by atoms with Crippen molar-refractivity contribution in [3.8, 4) is 0 Å². The van der Waals surface area contributed by atoms with E-state index in [0.717, 1.165) is 13.1 Å². The topological polar surface area (TPSA) is 49.3 Å². The van der Waals surface area contributed by atoms with Crippen molar-refractivity contribution in [2.75, 3.05) is 13.1 Å². The van der Waals surface area contributed by atoms with Crippen molar-refractivity contribution in [2.45, 2.75) is 31.8 Å². The molecule has 2 N–H and O–H groups in total. The zero-order chi connectivity index (χ0) is 8.32. The van der Waals surface area contributed by atoms with Gasteiger partial charge in [0.25, 0.3) is 0 Å². The van der Waals surface area contributed by atoms with Crippen molar-refractivity contribution < 1.29 is 9.90 Å². The van der Waals surface area contributed by atoms with Crippen LogP contribution in [0.1, 0.15) is 26.2 Å². The molecule has 0 amide bonds. The Hall–Kier alpha value is -0.410. The number of hydrogen-bond donors (Lipinski definition) is 2. The average Bonchev–Trinajstić information content (AvgIpc) is 1.85. The quantitative estimate of drug-likeness (QED) is 0.597. The van der Waals surface area contributed by atoms with Crippen LogP contribution < -0.4 is 5.32 Å². The number of Topliss-reactive ketones (excluding diaryl/α,β-unsaturated/α-hetero) is 1. The summed E-state index contributed by atoms with van der Waals surface area (Å²) in [5.74, 6) is 0.0781. The van der Waals surface area contributed by atoms with Gasteiger partial charge in [0.1, 0.15) is 5.78 Å². The van der Waals surface area contributed by atoms with Gasteiger partial charge in [-0.25, -0.2) is 0 Å². The van der Waals surface area contributed by atoms with Crippen LogP contribution in [0.2, 0.25) is 0 Å². The Balaban J connectivity index is 2.43. The van der Waals surface area contributed by atoms with Gasteiger partial charge < -0.3 is 10.4 Å². The molecule has 0 bridgehead atoms. The SMILES string of the molecule is CC(=O)CC1(O)CCNCC1. The van der Waals surface area contributed by atoms with Crippen LogP contribution in [0.25, 0.3) is 0 Å². The summed E-state index contributed by atoms with van der Waals surface area (Å²) in [6.45, 7) is 3.17. The molecule has 3 heteroatoms. The number of carbonyl (C=O) groups is 1. The van der Waals surface area contributed by atoms with Crippen molar-refractivity contribution in [3.05, 3.63) is 0 Å². The molecule has 0 aromatic rings. The molecule has 3 nitrogen and oxygen atoms in total. The molecule has 0 unspecified atom stereocenters. The molecule has 1 aliphatic rings. The van der Waals surface area contributed by atoms with Gasteiger partial charge in [0.2, 0.25) is 0 Å². The lowest BCUT2D eigenvalue weighted by Crippen LogP contribution is -2.42. The molecule has 0 radical (unpaired) electrons. The lowest BCUT2D eigenvalue weighted by Gasteiger charge is -2.31. The minimum atomic E-state index is -0.711. The van der Waals surface area contributed by atoms with Crippen LogP contribution in [0.3, 0.4) is 0 Å². The highest BCUT2D eigenvalue weighted by atomic mass is 16.3. The van der Waals surface area contributed by atoms with Crippen LogP contribution in [-0.2, 0) is 4.79 Å². The number of aliphatic hydroxyl groups is 1. The maximum Gasteiger partial charge on any atom is 0.132 e. The number of ketones is 1. The molecule has 0 saturated carbocycles. The molecule has 1 rings (SSSR count). The zero-order valence-corrected chi connectivity index (χ0v) is 6.89. The highest BCUT2D eigenvalue weighted by Crippen LogP contribution is 2.21. The molecule has 1 aliphatic heterocycles. The van der Waals surface area contributed by atoms with Gasteiger partial charge in [0.05, 0.1) is 5.60 Å². The average molecular weight is 157 g/mol. The lowest BCUT2D eigenvalue weighted by atomic mass is 9.88. The van der Waals surface area contributed by atoms with Gasteiger partial charge in [-0.3, -0.25) is 4.79 Å². The molecule has 0 aliphatic carbocycles. The Morgan fingerprint density at radius 2 is 2.09 bits per heavy atom. The predicted molar refractivity (Wildman–Crippen MR) is 42.4 cm³/mol. The zero-order valence-electron chi connectivity index (χ0n) is 6.89. The van der Waals surface area contributed by atoms with E-state index < -0.39 is 5.60 Å². The molecule has 11 heavy (non-hydrogen) atoms. The molecule has 0 aromatic carbocycles. The highest BCUT2D eigenvalue weighted by molar-refractivity contribution is 5.76. The van der Waals surface area contributed by atoms with Crippen molar-refractivity contribution in [1.82, 2.24) is 5.32 Å². The Kier molecular flexibility index (Phi) is 2.62. The normalized spacial score (nSPS) is 23.1. The Morgan fingerprint density at radius 1 is 1.55 bits per heavy atom. The van der Waals surface area contributed by atoms with E-state index in [1.165, 1.54) is 6.92 Å². The van der Waals surface area contributed by atoms with Crippen LogP contribution in [0.15, 0.2) is 0 Å². The standard InChI is InChI=1S/C8H15NO2/c1-7(10)6-8(11)2-4-9-5-3-8/h9,11H,2-6H2,1H3. The second-order valence-corrected chi connectivity index (χ2v) is 3.35. The van der Waals surface area contributed by atoms with E-state index in [2.05, 4.69) is 5.32 Å². The highest BCUT2D eigenvalue weighted by Gasteiger charge is 2.29. The van der Waals surface area contributed by atoms with E-state index in [0.29, 0.717) is 19.3 Å². The fraction of sp³-hybridized carbons (Fsp3) is 0.875. The van der Waals surface area contributed by atoms with E-state index in [1.54, 1.807) is 0 Å². The van der Waals surface area contributed by atoms with E-state index in [1.807, 2.05) is 0 Å². The summed E-state index contributed by atoms with van der Waals surface area (Å²) in [6, 6.07) is 0. The fourth-order valence-electron chi connectivity index (χ4n) is 1.53. The first kappa shape index (κ1) is 8.68. The van der Waals surface area contributed by atoms with Gasteiger partial charge in [-0.15, -0.1) is 0 Å². The smallest absolute Gasteiger partial charge is 0.132 e. The first-order chi connectivity index (χ1) is 5.12. The summed E-state index contributed by atoms with van der Waals surface area (Å²) in [4.78, 5) is 10.7. The minimum Gasteiger partial charge on any atom is -0.389 e. The van der Waals surface area contributed by atoms with Gasteiger partial charge in [-0.05, 0) is 32.9 Å². The monoisotopic (exact) mass is 157 g/mol. The number of carbonyl (C=O) groups excluding carboxylic acids is 1. The summed E-state index contributed by atoms with van der Waals surface area (Å²) in [5, 5.41) is 12.9. The van der Waals surface area contributed by atoms with Crippen LogP contribution in [0.4, 0.5) is 0 Å². The summed E-state index contributed by atoms with van der Waals surface area (Å²) in [5.41, 5.74) is -0.711. The lowest BCUT2D eigenvalue weighted by molar-refractivity contribution is -0.122. The van der Waals surface area contributed by atoms with Crippen molar-refractivity contribution in [1.29, 1.82) is 0 Å². The van der Waals surface area contributed by atoms with Crippen LogP contribution in [0, 0.1) is 0 Å². The van der Waals surface area contributed by atoms with Gasteiger partial charge in [0.15, 0.2) is 0 Å². The van der Waals surface area contributed by atoms with Gasteiger partial charge in [-0.2, -0.15) is 0 Å². The molecule has 0 atom stereocenters. The third-order valence-corrected chi connectivity index (χ3v) is 2.11. The number of rotatable bonds is 2. The summed E-state index contributed by atoms with van der Waals surface area (Å²) in [7, 11) is 0. The molecule has 0 aromatic heterocycles. The first-order valence-corrected chi connectivity index (χ1v) is 4.05. The van der Waals surface area contributed by atoms with E-state index in [9.17, 15) is 9.90 Å². The van der Waals surface area contributed by atoms with Gasteiger partial charge in [-0.1, -0.05) is 0 Å². The van der Waals surface area contributed by atoms with Crippen molar-refractivity contribution >= 4 is 5.78 Å². The number of piperidine rings is 1. The molecule has 1 heterocycles. The Bertz CT molecular complexity index is 150. The number of hydrogen-bond acceptors (Lipinski definition) is 3. The molecule has 1 fully saturated rings. The molecular formula is C8H15NO2. The molecule has 0 spiro atoms. The fourth-order valence-corrected chi connectivity index (χ4v) is 1.53. The largest absolute Gasteiger partial charge is 0.389 e. The molecular weight excluding hydrogens is 142 g/mol. The van der Waals surface area contributed by atoms with Crippen molar-refractivity contribution in [2.24, 2.45) is 0 Å². The molecule has 1 saturated heterocycles. The van der Waals surface area contributed by atoms with Gasteiger partial charge in [0, 0.05) is 6.42 Å². The van der Waals surface area contributed by atoms with E-state index >= 15 is 0 Å². The second kappa shape index (κ2) is 3.32. The second-order valence-electron chi connectivity index (χ2n) is 3.35. The van der Waals surface area contributed by atoms with Gasteiger partial charge >= 0.3 is 0 Å². The van der Waals surface area contributed by atoms with E-state index in [4.69, 9.17) is 0 Å². The first-order valence-electron chi connectivity index (χ1n) is 4.05. The van der Waals surface area contributed by atoms with Crippen LogP contribution >= 0.6 is 0 Å². The third-order valence-electron chi connectivity index (χ3n) is 2.11. The summed E-state index contributed by atoms with van der Waals surface area (Å²) >= 11 is 0. The Morgan fingerprint density at radius 3 is 2.55 bits per heavy atom. The third kappa shape index (κ3) is 2.60. The minimum absolute atomic E-state index is 0.0781. The van der Waals surface area contributed by atoms with Crippen LogP contribution in [0.5, 0.6) is 0 Å². The maximum absolute atomic E-state index is 10.7. The van der Waals surface area contributed by atoms with Crippen molar-refractivity contribution in [3.63, 3.8) is 0 Å². The molecule has 64 valence electrons. The maximum atomic E-state index is 10.7. The summed E-state index contributed by atoms with van der Waals surface area (Å²) < 4.78 is 0.